The molecule has 0 bridgehead atoms. The van der Waals surface area contributed by atoms with Crippen molar-refractivity contribution in [1.29, 1.82) is 0 Å². The predicted molar refractivity (Wildman–Crippen MR) is 24.1 cm³/mol. The van der Waals surface area contributed by atoms with E-state index in [9.17, 15) is 0 Å². The van der Waals surface area contributed by atoms with Crippen LogP contribution in [0.2, 0.25) is 0 Å². The molecular formula is C2H9O2Sb. The third-order valence-corrected chi connectivity index (χ3v) is 0.1000. The van der Waals surface area contributed by atoms with Gasteiger partial charge < -0.3 is 10.2 Å². The summed E-state index contributed by atoms with van der Waals surface area (Å²) in [6.45, 7) is -0.250. The van der Waals surface area contributed by atoms with E-state index in [0.717, 1.165) is 0 Å². The van der Waals surface area contributed by atoms with Gasteiger partial charge in [-0.1, -0.05) is 0 Å². The maximum atomic E-state index is 7.62. The number of rotatable bonds is 1. The minimum absolute atomic E-state index is 0. The molecule has 0 atom stereocenters. The van der Waals surface area contributed by atoms with Crippen molar-refractivity contribution in [3.8, 4) is 0 Å². The molecule has 0 fully saturated rings. The molecule has 0 saturated carbocycles. The van der Waals surface area contributed by atoms with Crippen molar-refractivity contribution < 1.29 is 10.2 Å². The molecule has 0 rings (SSSR count). The van der Waals surface area contributed by atoms with Crippen LogP contribution in [-0.4, -0.2) is 47.9 Å². The molecule has 0 aromatic rings. The summed E-state index contributed by atoms with van der Waals surface area (Å²) in [7, 11) is 0. The second-order valence-electron chi connectivity index (χ2n) is 0.447. The number of aliphatic hydroxyl groups excluding tert-OH is 2. The fourth-order valence-electron chi connectivity index (χ4n) is 0. The molecule has 0 saturated heterocycles. The maximum absolute atomic E-state index is 7.62. The van der Waals surface area contributed by atoms with Crippen molar-refractivity contribution in [3.63, 3.8) is 0 Å². The quantitative estimate of drug-likeness (QED) is 0.456. The van der Waals surface area contributed by atoms with Crippen LogP contribution in [0.15, 0.2) is 0 Å². The van der Waals surface area contributed by atoms with Gasteiger partial charge in [-0.25, -0.2) is 0 Å². The van der Waals surface area contributed by atoms with E-state index in [1.54, 1.807) is 0 Å². The van der Waals surface area contributed by atoms with Crippen molar-refractivity contribution in [1.82, 2.24) is 0 Å². The Balaban J connectivity index is 0. The Morgan fingerprint density at radius 2 is 1.20 bits per heavy atom. The van der Waals surface area contributed by atoms with Gasteiger partial charge in [0, 0.05) is 0 Å². The standard InChI is InChI=1S/C2H6O2.Sb.3H/c3-1-2-4;;;;/h3-4H,1-2H2;;;;. The second kappa shape index (κ2) is 8.83. The minimum atomic E-state index is -0.125. The van der Waals surface area contributed by atoms with Gasteiger partial charge in [0.05, 0.1) is 13.2 Å². The molecule has 0 aliphatic carbocycles. The molecule has 0 aromatic carbocycles. The Hall–Kier alpha value is 0.738. The molecule has 0 aliphatic rings. The van der Waals surface area contributed by atoms with Crippen LogP contribution in [0.5, 0.6) is 0 Å². The molecule has 0 unspecified atom stereocenters. The van der Waals surface area contributed by atoms with E-state index >= 15 is 0 Å². The molecule has 0 aromatic heterocycles. The van der Waals surface area contributed by atoms with Crippen molar-refractivity contribution in [3.05, 3.63) is 0 Å². The van der Waals surface area contributed by atoms with Crippen molar-refractivity contribution in [2.45, 2.75) is 0 Å². The van der Waals surface area contributed by atoms with E-state index < -0.39 is 0 Å². The van der Waals surface area contributed by atoms with Crippen LogP contribution in [0.4, 0.5) is 0 Å². The molecule has 2 N–H and O–H groups in total. The predicted octanol–water partition coefficient (Wildman–Crippen LogP) is -2.21. The average molecular weight is 187 g/mol. The summed E-state index contributed by atoms with van der Waals surface area (Å²) in [6.07, 6.45) is 0. The third-order valence-electron chi connectivity index (χ3n) is 0.1000. The summed E-state index contributed by atoms with van der Waals surface area (Å²) < 4.78 is 0. The Morgan fingerprint density at radius 1 is 1.00 bits per heavy atom. The molecular weight excluding hydrogens is 178 g/mol. The first-order valence-electron chi connectivity index (χ1n) is 1.13. The summed E-state index contributed by atoms with van der Waals surface area (Å²) in [5, 5.41) is 15.2. The zero-order valence-corrected chi connectivity index (χ0v) is 7.05. The normalized spacial score (nSPS) is 6.00. The topological polar surface area (TPSA) is 40.5 Å². The van der Waals surface area contributed by atoms with Gasteiger partial charge in [0.2, 0.25) is 0 Å². The summed E-state index contributed by atoms with van der Waals surface area (Å²) in [5.41, 5.74) is 0. The van der Waals surface area contributed by atoms with E-state index in [4.69, 9.17) is 10.2 Å². The summed E-state index contributed by atoms with van der Waals surface area (Å²) in [6, 6.07) is 0. The van der Waals surface area contributed by atoms with Gasteiger partial charge in [-0.3, -0.25) is 0 Å². The molecule has 0 amide bonds. The zero-order valence-electron chi connectivity index (χ0n) is 3.02. The van der Waals surface area contributed by atoms with Crippen molar-refractivity contribution in [2.75, 3.05) is 13.2 Å². The van der Waals surface area contributed by atoms with Gasteiger partial charge in [-0.05, 0) is 0 Å². The van der Waals surface area contributed by atoms with Gasteiger partial charge in [-0.15, -0.1) is 0 Å². The van der Waals surface area contributed by atoms with Crippen LogP contribution in [0.25, 0.3) is 0 Å². The van der Waals surface area contributed by atoms with E-state index in [2.05, 4.69) is 0 Å². The second-order valence-corrected chi connectivity index (χ2v) is 0.447. The molecule has 0 radical (unpaired) electrons. The SMILES string of the molecule is OCCO.[SbH3]. The van der Waals surface area contributed by atoms with Crippen LogP contribution in [0, 0.1) is 0 Å². The van der Waals surface area contributed by atoms with Gasteiger partial charge >= 0.3 is 24.4 Å². The zero-order chi connectivity index (χ0) is 3.41. The Kier molecular flexibility index (Phi) is 16.3. The average Bonchev–Trinajstić information content (AvgIpc) is 1.37. The summed E-state index contributed by atoms with van der Waals surface area (Å²) >= 11 is 0. The Morgan fingerprint density at radius 3 is 1.20 bits per heavy atom. The number of aliphatic hydroxyl groups is 2. The Bertz CT molecular complexity index is 9.61. The van der Waals surface area contributed by atoms with Gasteiger partial charge in [0.15, 0.2) is 0 Å². The number of hydrogen-bond acceptors (Lipinski definition) is 2. The fraction of sp³-hybridized carbons (Fsp3) is 1.00. The van der Waals surface area contributed by atoms with Crippen LogP contribution in [-0.2, 0) is 0 Å². The van der Waals surface area contributed by atoms with Crippen LogP contribution in [0.1, 0.15) is 0 Å². The van der Waals surface area contributed by atoms with Crippen LogP contribution >= 0.6 is 0 Å². The monoisotopic (exact) mass is 186 g/mol. The molecule has 0 heterocycles. The van der Waals surface area contributed by atoms with Crippen LogP contribution < -0.4 is 0 Å². The molecule has 0 aliphatic heterocycles. The molecule has 3 heteroatoms. The first-order valence-corrected chi connectivity index (χ1v) is 1.13. The van der Waals surface area contributed by atoms with Crippen molar-refractivity contribution in [2.24, 2.45) is 0 Å². The van der Waals surface area contributed by atoms with Crippen LogP contribution in [0.3, 0.4) is 0 Å². The Labute approximate surface area is 48.3 Å². The molecule has 0 spiro atoms. The number of hydrogen-bond donors (Lipinski definition) is 2. The first-order chi connectivity index (χ1) is 1.91. The van der Waals surface area contributed by atoms with E-state index in [-0.39, 0.29) is 37.6 Å². The fourth-order valence-corrected chi connectivity index (χ4v) is 0. The molecule has 2 nitrogen and oxygen atoms in total. The van der Waals surface area contributed by atoms with Crippen molar-refractivity contribution >= 4 is 24.4 Å². The third kappa shape index (κ3) is 11.8. The molecule has 5 heavy (non-hydrogen) atoms. The molecule has 34 valence electrons. The first kappa shape index (κ1) is 9.22. The van der Waals surface area contributed by atoms with E-state index in [1.807, 2.05) is 0 Å². The van der Waals surface area contributed by atoms with Gasteiger partial charge in [0.1, 0.15) is 0 Å². The van der Waals surface area contributed by atoms with Gasteiger partial charge in [-0.2, -0.15) is 0 Å². The summed E-state index contributed by atoms with van der Waals surface area (Å²) in [4.78, 5) is 0. The van der Waals surface area contributed by atoms with E-state index in [0.29, 0.717) is 0 Å². The van der Waals surface area contributed by atoms with Gasteiger partial charge in [0.25, 0.3) is 0 Å². The van der Waals surface area contributed by atoms with E-state index in [1.165, 1.54) is 0 Å². The summed E-state index contributed by atoms with van der Waals surface area (Å²) in [5.74, 6) is 0.